The molecule has 0 unspecified atom stereocenters. The first kappa shape index (κ1) is 40.9. The number of benzene rings is 2. The third-order valence-corrected chi connectivity index (χ3v) is 11.4. The molecule has 56 heavy (non-hydrogen) atoms. The molecule has 0 spiro atoms. The number of imidazole rings is 1. The van der Waals surface area contributed by atoms with Crippen LogP contribution in [-0.4, -0.2) is 45.3 Å². The SMILES string of the molecule is CC(C)(C)[C@H](NC(=O)C1CCC(F)(F)CC1)C1=NC=C(C#Cc2ccc3cc(C#Cc4cnc([C@@H](CC(=O)C5CCC(F)(F)CC5)C(C)(C)C)[nH]4)ccc3c2)C1. The van der Waals surface area contributed by atoms with E-state index in [0.29, 0.717) is 17.9 Å². The zero-order valence-electron chi connectivity index (χ0n) is 33.2. The maximum atomic E-state index is 13.7. The molecule has 10 heteroatoms. The quantitative estimate of drug-likeness (QED) is 0.185. The molecule has 2 N–H and O–H groups in total. The molecule has 2 heterocycles. The summed E-state index contributed by atoms with van der Waals surface area (Å²) in [7, 11) is 0. The summed E-state index contributed by atoms with van der Waals surface area (Å²) in [4.78, 5) is 38.8. The van der Waals surface area contributed by atoms with Crippen LogP contribution in [0.1, 0.15) is 134 Å². The Labute approximate surface area is 327 Å². The Morgan fingerprint density at radius 2 is 1.36 bits per heavy atom. The number of Topliss-reactive ketones (excluding diaryl/α,β-unsaturated/α-hetero) is 1. The summed E-state index contributed by atoms with van der Waals surface area (Å²) < 4.78 is 54.7. The van der Waals surface area contributed by atoms with Crippen LogP contribution in [0.3, 0.4) is 0 Å². The standard InChI is InChI=1S/C46H52F4N4O2/c1-43(2,3)37(26-39(55)32-15-19-45(47,48)20-16-32)41-52-28-36(53-41)14-11-30-10-13-34-23-29(9-12-35(34)24-30)7-8-31-25-38(51-27-31)40(44(4,5)6)54-42(56)33-17-21-46(49,50)22-18-33/h9-10,12-13,23-24,27-28,32-33,37,40H,15-22,25-26H2,1-6H3,(H,52,53)(H,54,56)/t37-,40-/m1/s1. The number of ketones is 1. The monoisotopic (exact) mass is 768 g/mol. The first-order valence-corrected chi connectivity index (χ1v) is 19.7. The number of amides is 1. The van der Waals surface area contributed by atoms with Crippen LogP contribution in [-0.2, 0) is 9.59 Å². The van der Waals surface area contributed by atoms with Gasteiger partial charge in [-0.2, -0.15) is 0 Å². The van der Waals surface area contributed by atoms with Gasteiger partial charge >= 0.3 is 0 Å². The first-order valence-electron chi connectivity index (χ1n) is 19.7. The number of hydrogen-bond acceptors (Lipinski definition) is 4. The van der Waals surface area contributed by atoms with Crippen LogP contribution in [0.25, 0.3) is 10.8 Å². The van der Waals surface area contributed by atoms with Crippen molar-refractivity contribution in [3.05, 3.63) is 77.0 Å². The van der Waals surface area contributed by atoms with Crippen LogP contribution < -0.4 is 5.32 Å². The van der Waals surface area contributed by atoms with Gasteiger partial charge in [0.05, 0.1) is 12.2 Å². The van der Waals surface area contributed by atoms with Crippen molar-refractivity contribution in [2.75, 3.05) is 0 Å². The summed E-state index contributed by atoms with van der Waals surface area (Å²) in [6.07, 6.45) is 4.03. The van der Waals surface area contributed by atoms with E-state index in [4.69, 9.17) is 0 Å². The van der Waals surface area contributed by atoms with E-state index in [9.17, 15) is 27.2 Å². The highest BCUT2D eigenvalue weighted by molar-refractivity contribution is 5.98. The number of carbonyl (C=O) groups excluding carboxylic acids is 2. The molecular weight excluding hydrogens is 717 g/mol. The topological polar surface area (TPSA) is 87.2 Å². The van der Waals surface area contributed by atoms with E-state index < -0.39 is 17.8 Å². The van der Waals surface area contributed by atoms with Crippen molar-refractivity contribution in [2.45, 2.75) is 130 Å². The summed E-state index contributed by atoms with van der Waals surface area (Å²) in [5.41, 5.74) is 3.35. The minimum absolute atomic E-state index is 0.0240. The number of allylic oxidation sites excluding steroid dienone is 1. The average molecular weight is 769 g/mol. The fourth-order valence-corrected chi connectivity index (χ4v) is 7.88. The van der Waals surface area contributed by atoms with Crippen LogP contribution in [0.2, 0.25) is 0 Å². The van der Waals surface area contributed by atoms with Gasteiger partial charge in [-0.1, -0.05) is 71.4 Å². The zero-order chi connectivity index (χ0) is 40.5. The lowest BCUT2D eigenvalue weighted by Crippen LogP contribution is -2.51. The molecule has 0 saturated heterocycles. The molecular formula is C46H52F4N4O2. The molecule has 2 atom stereocenters. The van der Waals surface area contributed by atoms with Gasteiger partial charge in [0.1, 0.15) is 17.3 Å². The van der Waals surface area contributed by atoms with Gasteiger partial charge in [-0.15, -0.1) is 0 Å². The molecule has 0 radical (unpaired) electrons. The summed E-state index contributed by atoms with van der Waals surface area (Å²) in [5.74, 6) is 7.09. The second-order valence-corrected chi connectivity index (χ2v) is 18.1. The molecule has 1 aromatic heterocycles. The largest absolute Gasteiger partial charge is 0.347 e. The molecule has 3 aliphatic rings. The van der Waals surface area contributed by atoms with Crippen LogP contribution in [0.4, 0.5) is 17.6 Å². The van der Waals surface area contributed by atoms with Crippen molar-refractivity contribution in [1.82, 2.24) is 15.3 Å². The van der Waals surface area contributed by atoms with E-state index in [2.05, 4.69) is 64.7 Å². The van der Waals surface area contributed by atoms with Crippen LogP contribution >= 0.6 is 0 Å². The van der Waals surface area contributed by atoms with Crippen LogP contribution in [0.5, 0.6) is 0 Å². The number of fused-ring (bicyclic) bond motifs is 1. The Balaban J connectivity index is 1.07. The van der Waals surface area contributed by atoms with Crippen molar-refractivity contribution in [2.24, 2.45) is 27.7 Å². The fraction of sp³-hybridized carbons (Fsp3) is 0.522. The molecule has 0 bridgehead atoms. The number of aliphatic imine (C=N–C) groups is 1. The number of halogens is 4. The number of carbonyl (C=O) groups is 2. The third-order valence-electron chi connectivity index (χ3n) is 11.4. The second-order valence-electron chi connectivity index (χ2n) is 18.1. The summed E-state index contributed by atoms with van der Waals surface area (Å²) >= 11 is 0. The molecule has 2 saturated carbocycles. The molecule has 2 aliphatic carbocycles. The van der Waals surface area contributed by atoms with E-state index in [1.54, 1.807) is 12.4 Å². The highest BCUT2D eigenvalue weighted by Crippen LogP contribution is 2.41. The lowest BCUT2D eigenvalue weighted by Gasteiger charge is -2.34. The molecule has 1 aliphatic heterocycles. The Morgan fingerprint density at radius 1 is 0.804 bits per heavy atom. The molecule has 6 rings (SSSR count). The van der Waals surface area contributed by atoms with Gasteiger partial charge < -0.3 is 10.3 Å². The van der Waals surface area contributed by atoms with Crippen molar-refractivity contribution >= 4 is 28.2 Å². The third kappa shape index (κ3) is 10.4. The Kier molecular flexibility index (Phi) is 11.7. The Bertz CT molecular complexity index is 2140. The van der Waals surface area contributed by atoms with Gasteiger partial charge in [-0.25, -0.2) is 22.5 Å². The molecule has 296 valence electrons. The minimum atomic E-state index is -2.68. The van der Waals surface area contributed by atoms with Crippen molar-refractivity contribution in [1.29, 1.82) is 0 Å². The number of rotatable bonds is 7. The van der Waals surface area contributed by atoms with E-state index in [-0.39, 0.29) is 98.2 Å². The van der Waals surface area contributed by atoms with Crippen molar-refractivity contribution in [3.63, 3.8) is 0 Å². The number of nitrogens with one attached hydrogen (secondary N) is 2. The van der Waals surface area contributed by atoms with Gasteiger partial charge in [0.25, 0.3) is 0 Å². The molecule has 6 nitrogen and oxygen atoms in total. The maximum Gasteiger partial charge on any atom is 0.248 e. The van der Waals surface area contributed by atoms with Gasteiger partial charge in [-0.3, -0.25) is 14.6 Å². The van der Waals surface area contributed by atoms with Crippen molar-refractivity contribution in [3.8, 4) is 23.7 Å². The number of aromatic amines is 1. The number of hydrogen-bond donors (Lipinski definition) is 2. The molecule has 2 fully saturated rings. The number of H-pyrrole nitrogens is 1. The summed E-state index contributed by atoms with van der Waals surface area (Å²) in [6, 6.07) is 11.6. The predicted octanol–water partition coefficient (Wildman–Crippen LogP) is 10.3. The van der Waals surface area contributed by atoms with E-state index in [1.807, 2.05) is 57.2 Å². The first-order chi connectivity index (χ1) is 26.2. The lowest BCUT2D eigenvalue weighted by molar-refractivity contribution is -0.130. The summed E-state index contributed by atoms with van der Waals surface area (Å²) in [5, 5.41) is 5.15. The smallest absolute Gasteiger partial charge is 0.248 e. The molecule has 1 amide bonds. The van der Waals surface area contributed by atoms with Gasteiger partial charge in [-0.05, 0) is 77.5 Å². The second kappa shape index (κ2) is 16.0. The predicted molar refractivity (Wildman–Crippen MR) is 213 cm³/mol. The lowest BCUT2D eigenvalue weighted by atomic mass is 9.74. The molecule has 2 aromatic carbocycles. The number of aromatic nitrogens is 2. The zero-order valence-corrected chi connectivity index (χ0v) is 33.2. The van der Waals surface area contributed by atoms with E-state index in [1.165, 1.54) is 0 Å². The maximum absolute atomic E-state index is 13.7. The number of nitrogens with zero attached hydrogens (tertiary/aromatic N) is 2. The van der Waals surface area contributed by atoms with Gasteiger partial charge in [0.15, 0.2) is 0 Å². The average Bonchev–Trinajstić information content (AvgIpc) is 3.79. The number of alkyl halides is 4. The van der Waals surface area contributed by atoms with Gasteiger partial charge in [0, 0.05) is 84.9 Å². The van der Waals surface area contributed by atoms with Crippen LogP contribution in [0.15, 0.2) is 59.4 Å². The minimum Gasteiger partial charge on any atom is -0.347 e. The summed E-state index contributed by atoms with van der Waals surface area (Å²) in [6.45, 7) is 12.3. The van der Waals surface area contributed by atoms with E-state index >= 15 is 0 Å². The molecule has 3 aromatic rings. The van der Waals surface area contributed by atoms with Crippen LogP contribution in [0, 0.1) is 46.3 Å². The highest BCUT2D eigenvalue weighted by atomic mass is 19.3. The normalized spacial score (nSPS) is 19.8. The van der Waals surface area contributed by atoms with Gasteiger partial charge in [0.2, 0.25) is 17.8 Å². The van der Waals surface area contributed by atoms with Crippen molar-refractivity contribution < 1.29 is 27.2 Å². The Hall–Kier alpha value is -4.70. The fourth-order valence-electron chi connectivity index (χ4n) is 7.88. The Morgan fingerprint density at radius 3 is 1.91 bits per heavy atom. The van der Waals surface area contributed by atoms with E-state index in [0.717, 1.165) is 33.2 Å². The highest BCUT2D eigenvalue weighted by Gasteiger charge is 2.41.